The van der Waals surface area contributed by atoms with Crippen molar-refractivity contribution < 1.29 is 25.6 Å². The van der Waals surface area contributed by atoms with Gasteiger partial charge >= 0.3 is 0 Å². The Balaban J connectivity index is 3.60. The highest BCUT2D eigenvalue weighted by Crippen LogP contribution is 2.29. The minimum Gasteiger partial charge on any atom is -0.224 e. The van der Waals surface area contributed by atoms with Crippen LogP contribution in [-0.4, -0.2) is 23.1 Å². The standard InChI is InChI=1S/C8H7ClF2O4S2/c1-16(12,13)7-3-2-5(17(9,14)15)4-6(7)8(10)11/h2-4,8H,1H3. The lowest BCUT2D eigenvalue weighted by Crippen LogP contribution is -2.04. The summed E-state index contributed by atoms with van der Waals surface area (Å²) in [6, 6.07) is 2.22. The van der Waals surface area contributed by atoms with Gasteiger partial charge in [-0.25, -0.2) is 25.6 Å². The highest BCUT2D eigenvalue weighted by Gasteiger charge is 2.23. The van der Waals surface area contributed by atoms with Crippen molar-refractivity contribution in [2.24, 2.45) is 0 Å². The molecule has 4 nitrogen and oxygen atoms in total. The Hall–Kier alpha value is -0.730. The zero-order valence-electron chi connectivity index (χ0n) is 8.39. The van der Waals surface area contributed by atoms with E-state index in [0.29, 0.717) is 6.07 Å². The summed E-state index contributed by atoms with van der Waals surface area (Å²) >= 11 is 0. The Bertz CT molecular complexity index is 637. The Morgan fingerprint density at radius 3 is 2.06 bits per heavy atom. The molecule has 0 heterocycles. The molecule has 0 aliphatic heterocycles. The van der Waals surface area contributed by atoms with Crippen molar-refractivity contribution in [2.45, 2.75) is 16.2 Å². The molecule has 0 spiro atoms. The van der Waals surface area contributed by atoms with Crippen molar-refractivity contribution in [1.82, 2.24) is 0 Å². The van der Waals surface area contributed by atoms with Gasteiger partial charge in [0.2, 0.25) is 0 Å². The molecule has 17 heavy (non-hydrogen) atoms. The molecule has 1 aromatic carbocycles. The van der Waals surface area contributed by atoms with Gasteiger partial charge in [-0.3, -0.25) is 0 Å². The molecular formula is C8H7ClF2O4S2. The lowest BCUT2D eigenvalue weighted by Gasteiger charge is -2.08. The zero-order chi connectivity index (χ0) is 13.4. The summed E-state index contributed by atoms with van der Waals surface area (Å²) < 4.78 is 69.5. The Labute approximate surface area is 102 Å². The van der Waals surface area contributed by atoms with E-state index in [1.165, 1.54) is 0 Å². The largest absolute Gasteiger partial charge is 0.265 e. The third kappa shape index (κ3) is 3.36. The molecule has 0 bridgehead atoms. The molecule has 0 saturated carbocycles. The average molecular weight is 305 g/mol. The number of alkyl halides is 2. The van der Waals surface area contributed by atoms with E-state index in [0.717, 1.165) is 18.4 Å². The number of hydrogen-bond donors (Lipinski definition) is 0. The van der Waals surface area contributed by atoms with Crippen molar-refractivity contribution in [3.05, 3.63) is 23.8 Å². The van der Waals surface area contributed by atoms with Crippen LogP contribution in [0.1, 0.15) is 12.0 Å². The molecule has 1 aromatic rings. The molecule has 0 saturated heterocycles. The van der Waals surface area contributed by atoms with Gasteiger partial charge in [-0.2, -0.15) is 0 Å². The van der Waals surface area contributed by atoms with E-state index in [4.69, 9.17) is 10.7 Å². The van der Waals surface area contributed by atoms with Crippen molar-refractivity contribution in [3.8, 4) is 0 Å². The monoisotopic (exact) mass is 304 g/mol. The fourth-order valence-electron chi connectivity index (χ4n) is 1.19. The summed E-state index contributed by atoms with van der Waals surface area (Å²) in [5, 5.41) is 0. The molecule has 0 fully saturated rings. The second-order valence-corrected chi connectivity index (χ2v) is 7.76. The highest BCUT2D eigenvalue weighted by molar-refractivity contribution is 8.13. The summed E-state index contributed by atoms with van der Waals surface area (Å²) in [4.78, 5) is -1.18. The number of halogens is 3. The third-order valence-electron chi connectivity index (χ3n) is 1.90. The number of hydrogen-bond acceptors (Lipinski definition) is 4. The molecule has 0 radical (unpaired) electrons. The smallest absolute Gasteiger partial charge is 0.224 e. The second kappa shape index (κ2) is 4.51. The molecule has 0 aromatic heterocycles. The Kier molecular flexibility index (Phi) is 3.80. The fourth-order valence-corrected chi connectivity index (χ4v) is 2.86. The topological polar surface area (TPSA) is 68.3 Å². The van der Waals surface area contributed by atoms with Gasteiger partial charge in [-0.1, -0.05) is 0 Å². The van der Waals surface area contributed by atoms with Crippen LogP contribution in [0.3, 0.4) is 0 Å². The molecule has 0 atom stereocenters. The van der Waals surface area contributed by atoms with Crippen LogP contribution in [0.15, 0.2) is 28.0 Å². The van der Waals surface area contributed by atoms with Crippen LogP contribution < -0.4 is 0 Å². The van der Waals surface area contributed by atoms with Crippen molar-refractivity contribution >= 4 is 29.6 Å². The van der Waals surface area contributed by atoms with Gasteiger partial charge in [-0.05, 0) is 18.2 Å². The van der Waals surface area contributed by atoms with E-state index < -0.39 is 40.7 Å². The first-order valence-corrected chi connectivity index (χ1v) is 8.30. The highest BCUT2D eigenvalue weighted by atomic mass is 35.7. The maximum Gasteiger partial charge on any atom is 0.265 e. The van der Waals surface area contributed by atoms with Crippen LogP contribution in [0.4, 0.5) is 8.78 Å². The number of rotatable bonds is 3. The first-order chi connectivity index (χ1) is 7.53. The number of sulfone groups is 1. The van der Waals surface area contributed by atoms with Crippen molar-refractivity contribution in [3.63, 3.8) is 0 Å². The van der Waals surface area contributed by atoms with E-state index in [1.54, 1.807) is 0 Å². The van der Waals surface area contributed by atoms with Crippen LogP contribution in [0.2, 0.25) is 0 Å². The summed E-state index contributed by atoms with van der Waals surface area (Å²) in [6.07, 6.45) is -2.36. The lowest BCUT2D eigenvalue weighted by atomic mass is 10.2. The molecule has 0 aliphatic rings. The van der Waals surface area contributed by atoms with E-state index in [-0.39, 0.29) is 0 Å². The number of benzene rings is 1. The van der Waals surface area contributed by atoms with Gasteiger partial charge in [-0.15, -0.1) is 0 Å². The van der Waals surface area contributed by atoms with Gasteiger partial charge in [0.1, 0.15) is 0 Å². The van der Waals surface area contributed by atoms with Crippen LogP contribution in [0.25, 0.3) is 0 Å². The molecule has 0 unspecified atom stereocenters. The fraction of sp³-hybridized carbons (Fsp3) is 0.250. The molecule has 0 N–H and O–H groups in total. The van der Waals surface area contributed by atoms with Crippen LogP contribution in [0, 0.1) is 0 Å². The minimum absolute atomic E-state index is 0.559. The average Bonchev–Trinajstić information content (AvgIpc) is 2.14. The third-order valence-corrected chi connectivity index (χ3v) is 4.42. The maximum atomic E-state index is 12.6. The Morgan fingerprint density at radius 2 is 1.71 bits per heavy atom. The predicted octanol–water partition coefficient (Wildman–Crippen LogP) is 1.96. The maximum absolute atomic E-state index is 12.6. The van der Waals surface area contributed by atoms with E-state index in [2.05, 4.69) is 0 Å². The zero-order valence-corrected chi connectivity index (χ0v) is 10.8. The first kappa shape index (κ1) is 14.3. The first-order valence-electron chi connectivity index (χ1n) is 4.10. The molecule has 1 rings (SSSR count). The summed E-state index contributed by atoms with van der Waals surface area (Å²) in [5.41, 5.74) is -0.880. The van der Waals surface area contributed by atoms with Crippen molar-refractivity contribution in [2.75, 3.05) is 6.26 Å². The second-order valence-electron chi connectivity index (χ2n) is 3.21. The van der Waals surface area contributed by atoms with Gasteiger partial charge in [0, 0.05) is 22.5 Å². The molecule has 96 valence electrons. The van der Waals surface area contributed by atoms with Crippen LogP contribution in [-0.2, 0) is 18.9 Å². The summed E-state index contributed by atoms with van der Waals surface area (Å²) in [7, 11) is -3.06. The van der Waals surface area contributed by atoms with Gasteiger partial charge < -0.3 is 0 Å². The summed E-state index contributed by atoms with van der Waals surface area (Å²) in [6.45, 7) is 0. The predicted molar refractivity (Wildman–Crippen MR) is 57.5 cm³/mol. The molecular weight excluding hydrogens is 298 g/mol. The quantitative estimate of drug-likeness (QED) is 0.801. The van der Waals surface area contributed by atoms with Crippen LogP contribution >= 0.6 is 10.7 Å². The van der Waals surface area contributed by atoms with Gasteiger partial charge in [0.05, 0.1) is 9.79 Å². The van der Waals surface area contributed by atoms with Gasteiger partial charge in [0.15, 0.2) is 9.84 Å². The normalized spacial score (nSPS) is 13.0. The van der Waals surface area contributed by atoms with E-state index in [1.807, 2.05) is 0 Å². The molecule has 0 aliphatic carbocycles. The van der Waals surface area contributed by atoms with Crippen molar-refractivity contribution in [1.29, 1.82) is 0 Å². The van der Waals surface area contributed by atoms with E-state index >= 15 is 0 Å². The van der Waals surface area contributed by atoms with Crippen LogP contribution in [0.5, 0.6) is 0 Å². The Morgan fingerprint density at radius 1 is 1.18 bits per heavy atom. The lowest BCUT2D eigenvalue weighted by molar-refractivity contribution is 0.147. The summed E-state index contributed by atoms with van der Waals surface area (Å²) in [5.74, 6) is 0. The van der Waals surface area contributed by atoms with E-state index in [9.17, 15) is 25.6 Å². The van der Waals surface area contributed by atoms with Gasteiger partial charge in [0.25, 0.3) is 15.5 Å². The SMILES string of the molecule is CS(=O)(=O)c1ccc(S(=O)(=O)Cl)cc1C(F)F. The molecule has 9 heteroatoms. The molecule has 0 amide bonds. The minimum atomic E-state index is -4.18.